The molecule has 0 atom stereocenters. The highest BCUT2D eigenvalue weighted by molar-refractivity contribution is 5.79. The molecule has 1 aromatic rings. The number of urea groups is 1. The van der Waals surface area contributed by atoms with Gasteiger partial charge >= 0.3 is 12.0 Å². The van der Waals surface area contributed by atoms with E-state index in [4.69, 9.17) is 5.11 Å². The zero-order chi connectivity index (χ0) is 12.8. The zero-order valence-corrected chi connectivity index (χ0v) is 9.93. The van der Waals surface area contributed by atoms with Crippen molar-refractivity contribution >= 4 is 12.0 Å². The minimum Gasteiger partial charge on any atom is -0.480 e. The van der Waals surface area contributed by atoms with E-state index in [-0.39, 0.29) is 6.54 Å². The fraction of sp³-hybridized carbons (Fsp3) is 0.333. The molecule has 92 valence electrons. The Kier molecular flexibility index (Phi) is 4.51. The van der Waals surface area contributed by atoms with Crippen LogP contribution in [0.4, 0.5) is 4.79 Å². The number of likely N-dealkylation sites (N-methyl/N-ethyl adjacent to an activating group) is 1. The summed E-state index contributed by atoms with van der Waals surface area (Å²) in [6.07, 6.45) is 0. The molecule has 0 heterocycles. The lowest BCUT2D eigenvalue weighted by Gasteiger charge is -2.15. The first kappa shape index (κ1) is 13.0. The van der Waals surface area contributed by atoms with Crippen LogP contribution in [0.25, 0.3) is 0 Å². The highest BCUT2D eigenvalue weighted by Gasteiger charge is 2.10. The van der Waals surface area contributed by atoms with E-state index in [0.717, 1.165) is 16.0 Å². The van der Waals surface area contributed by atoms with E-state index in [9.17, 15) is 9.59 Å². The Morgan fingerprint density at radius 2 is 2.12 bits per heavy atom. The Labute approximate surface area is 100 Å². The molecule has 5 nitrogen and oxygen atoms in total. The van der Waals surface area contributed by atoms with Gasteiger partial charge in [0.15, 0.2) is 0 Å². The monoisotopic (exact) mass is 236 g/mol. The first-order valence-electron chi connectivity index (χ1n) is 5.25. The summed E-state index contributed by atoms with van der Waals surface area (Å²) in [6.45, 7) is 2.06. The number of benzene rings is 1. The van der Waals surface area contributed by atoms with E-state index in [1.165, 1.54) is 7.05 Å². The number of amides is 2. The fourth-order valence-corrected chi connectivity index (χ4v) is 1.41. The van der Waals surface area contributed by atoms with Crippen LogP contribution in [0.2, 0.25) is 0 Å². The van der Waals surface area contributed by atoms with E-state index in [2.05, 4.69) is 5.32 Å². The van der Waals surface area contributed by atoms with Crippen molar-refractivity contribution in [2.45, 2.75) is 13.5 Å². The van der Waals surface area contributed by atoms with Gasteiger partial charge in [-0.2, -0.15) is 0 Å². The summed E-state index contributed by atoms with van der Waals surface area (Å²) in [4.78, 5) is 23.0. The summed E-state index contributed by atoms with van der Waals surface area (Å²) in [5.41, 5.74) is 2.11. The van der Waals surface area contributed by atoms with Gasteiger partial charge in [-0.15, -0.1) is 0 Å². The Hall–Kier alpha value is -2.04. The molecule has 1 rings (SSSR count). The molecule has 2 N–H and O–H groups in total. The van der Waals surface area contributed by atoms with Crippen LogP contribution in [0, 0.1) is 6.92 Å². The van der Waals surface area contributed by atoms with Crippen LogP contribution in [0.15, 0.2) is 24.3 Å². The third-order valence-electron chi connectivity index (χ3n) is 2.25. The third kappa shape index (κ3) is 4.55. The second kappa shape index (κ2) is 5.89. The van der Waals surface area contributed by atoms with Crippen LogP contribution >= 0.6 is 0 Å². The van der Waals surface area contributed by atoms with Crippen molar-refractivity contribution in [1.29, 1.82) is 0 Å². The molecular weight excluding hydrogens is 220 g/mol. The zero-order valence-electron chi connectivity index (χ0n) is 9.93. The van der Waals surface area contributed by atoms with Crippen molar-refractivity contribution in [1.82, 2.24) is 10.2 Å². The van der Waals surface area contributed by atoms with Gasteiger partial charge in [0.2, 0.25) is 0 Å². The van der Waals surface area contributed by atoms with Crippen LogP contribution in [-0.4, -0.2) is 35.6 Å². The van der Waals surface area contributed by atoms with Gasteiger partial charge in [-0.3, -0.25) is 4.79 Å². The smallest absolute Gasteiger partial charge is 0.323 e. The molecule has 0 unspecified atom stereocenters. The number of aryl methyl sites for hydroxylation is 1. The van der Waals surface area contributed by atoms with Gasteiger partial charge in [-0.25, -0.2) is 4.79 Å². The minimum atomic E-state index is -1.03. The maximum atomic E-state index is 11.5. The maximum absolute atomic E-state index is 11.5. The molecular formula is C12H16N2O3. The molecule has 17 heavy (non-hydrogen) atoms. The topological polar surface area (TPSA) is 69.6 Å². The number of hydrogen-bond donors (Lipinski definition) is 2. The largest absolute Gasteiger partial charge is 0.480 e. The van der Waals surface area contributed by atoms with Crippen molar-refractivity contribution in [2.24, 2.45) is 0 Å². The van der Waals surface area contributed by atoms with Crippen LogP contribution in [0.3, 0.4) is 0 Å². The van der Waals surface area contributed by atoms with Crippen molar-refractivity contribution in [3.8, 4) is 0 Å². The van der Waals surface area contributed by atoms with Gasteiger partial charge in [0, 0.05) is 13.6 Å². The van der Waals surface area contributed by atoms with E-state index in [1.807, 2.05) is 31.2 Å². The van der Waals surface area contributed by atoms with Crippen LogP contribution in [0.5, 0.6) is 0 Å². The number of nitrogens with one attached hydrogen (secondary N) is 1. The second-order valence-electron chi connectivity index (χ2n) is 3.90. The van der Waals surface area contributed by atoms with E-state index >= 15 is 0 Å². The molecule has 0 aliphatic rings. The quantitative estimate of drug-likeness (QED) is 0.825. The van der Waals surface area contributed by atoms with Gasteiger partial charge in [0.1, 0.15) is 6.54 Å². The molecule has 0 fully saturated rings. The average Bonchev–Trinajstić information content (AvgIpc) is 2.25. The Morgan fingerprint density at radius 3 is 2.71 bits per heavy atom. The van der Waals surface area contributed by atoms with Gasteiger partial charge in [0.05, 0.1) is 0 Å². The molecule has 0 spiro atoms. The molecule has 0 aliphatic carbocycles. The fourth-order valence-electron chi connectivity index (χ4n) is 1.41. The third-order valence-corrected chi connectivity index (χ3v) is 2.25. The van der Waals surface area contributed by atoms with E-state index in [0.29, 0.717) is 6.54 Å². The van der Waals surface area contributed by atoms with Crippen LogP contribution in [0.1, 0.15) is 11.1 Å². The standard InChI is InChI=1S/C12H16N2O3/c1-9-4-3-5-10(6-9)7-13-12(17)14(2)8-11(15)16/h3-6H,7-8H2,1-2H3,(H,13,17)(H,15,16). The Balaban J connectivity index is 2.45. The van der Waals surface area contributed by atoms with Gasteiger partial charge in [-0.05, 0) is 12.5 Å². The summed E-state index contributed by atoms with van der Waals surface area (Å²) >= 11 is 0. The molecule has 5 heteroatoms. The van der Waals surface area contributed by atoms with E-state index < -0.39 is 12.0 Å². The van der Waals surface area contributed by atoms with Crippen molar-refractivity contribution < 1.29 is 14.7 Å². The summed E-state index contributed by atoms with van der Waals surface area (Å²) < 4.78 is 0. The number of carboxylic acids is 1. The number of carbonyl (C=O) groups excluding carboxylic acids is 1. The number of carboxylic acid groups (broad SMARTS) is 1. The van der Waals surface area contributed by atoms with Gasteiger partial charge in [-0.1, -0.05) is 29.8 Å². The molecule has 0 bridgehead atoms. The summed E-state index contributed by atoms with van der Waals surface area (Å²) in [5.74, 6) is -1.03. The summed E-state index contributed by atoms with van der Waals surface area (Å²) in [7, 11) is 1.44. The average molecular weight is 236 g/mol. The molecule has 0 aliphatic heterocycles. The maximum Gasteiger partial charge on any atom is 0.323 e. The predicted molar refractivity (Wildman–Crippen MR) is 63.7 cm³/mol. The number of rotatable bonds is 4. The van der Waals surface area contributed by atoms with E-state index in [1.54, 1.807) is 0 Å². The summed E-state index contributed by atoms with van der Waals surface area (Å²) in [5, 5.41) is 11.2. The Bertz CT molecular complexity index is 418. The molecule has 2 amide bonds. The lowest BCUT2D eigenvalue weighted by atomic mass is 10.1. The SMILES string of the molecule is Cc1cccc(CNC(=O)N(C)CC(=O)O)c1. The number of hydrogen-bond acceptors (Lipinski definition) is 2. The number of carbonyl (C=O) groups is 2. The number of nitrogens with zero attached hydrogens (tertiary/aromatic N) is 1. The highest BCUT2D eigenvalue weighted by Crippen LogP contribution is 2.03. The van der Waals surface area contributed by atoms with Gasteiger partial charge < -0.3 is 15.3 Å². The molecule has 0 aromatic heterocycles. The molecule has 1 aromatic carbocycles. The van der Waals surface area contributed by atoms with Crippen LogP contribution in [-0.2, 0) is 11.3 Å². The normalized spacial score (nSPS) is 9.76. The second-order valence-corrected chi connectivity index (χ2v) is 3.90. The lowest BCUT2D eigenvalue weighted by molar-refractivity contribution is -0.137. The Morgan fingerprint density at radius 1 is 1.41 bits per heavy atom. The number of aliphatic carboxylic acids is 1. The first-order valence-corrected chi connectivity index (χ1v) is 5.25. The predicted octanol–water partition coefficient (Wildman–Crippen LogP) is 1.22. The first-order chi connectivity index (χ1) is 7.99. The molecule has 0 saturated heterocycles. The highest BCUT2D eigenvalue weighted by atomic mass is 16.4. The van der Waals surface area contributed by atoms with Crippen LogP contribution < -0.4 is 5.32 Å². The van der Waals surface area contributed by atoms with Gasteiger partial charge in [0.25, 0.3) is 0 Å². The summed E-state index contributed by atoms with van der Waals surface area (Å²) in [6, 6.07) is 7.37. The van der Waals surface area contributed by atoms with Crippen molar-refractivity contribution in [2.75, 3.05) is 13.6 Å². The molecule has 0 saturated carbocycles. The lowest BCUT2D eigenvalue weighted by Crippen LogP contribution is -2.39. The van der Waals surface area contributed by atoms with Crippen molar-refractivity contribution in [3.05, 3.63) is 35.4 Å². The molecule has 0 radical (unpaired) electrons. The minimum absolute atomic E-state index is 0.306. The van der Waals surface area contributed by atoms with Crippen molar-refractivity contribution in [3.63, 3.8) is 0 Å².